The zero-order valence-electron chi connectivity index (χ0n) is 10.4. The van der Waals surface area contributed by atoms with Crippen LogP contribution in [0, 0.1) is 5.92 Å². The van der Waals surface area contributed by atoms with Crippen LogP contribution in [0.15, 0.2) is 29.6 Å². The maximum absolute atomic E-state index is 12.1. The highest BCUT2D eigenvalue weighted by Crippen LogP contribution is 2.25. The number of alkyl halides is 1. The van der Waals surface area contributed by atoms with E-state index in [-0.39, 0.29) is 11.3 Å². The molecule has 0 spiro atoms. The summed E-state index contributed by atoms with van der Waals surface area (Å²) in [6.07, 6.45) is 0. The summed E-state index contributed by atoms with van der Waals surface area (Å²) in [4.78, 5) is 12.1. The second kappa shape index (κ2) is 5.72. The molecule has 1 aromatic carbocycles. The average molecular weight is 282 g/mol. The van der Waals surface area contributed by atoms with Crippen LogP contribution < -0.4 is 5.32 Å². The van der Waals surface area contributed by atoms with Gasteiger partial charge in [0.1, 0.15) is 0 Å². The fourth-order valence-corrected chi connectivity index (χ4v) is 2.69. The van der Waals surface area contributed by atoms with Crippen molar-refractivity contribution in [2.75, 3.05) is 6.54 Å². The molecule has 96 valence electrons. The predicted octanol–water partition coefficient (Wildman–Crippen LogP) is 3.89. The Hall–Kier alpha value is -1.06. The zero-order chi connectivity index (χ0) is 13.1. The number of nitrogens with one attached hydrogen (secondary N) is 1. The summed E-state index contributed by atoms with van der Waals surface area (Å²) in [5, 5.41) is 5.78. The minimum absolute atomic E-state index is 0.0288. The van der Waals surface area contributed by atoms with E-state index in [1.54, 1.807) is 11.3 Å². The van der Waals surface area contributed by atoms with Gasteiger partial charge in [-0.1, -0.05) is 32.0 Å². The summed E-state index contributed by atoms with van der Waals surface area (Å²) < 4.78 is 1.13. The van der Waals surface area contributed by atoms with E-state index in [2.05, 4.69) is 5.32 Å². The molecule has 0 fully saturated rings. The highest BCUT2D eigenvalue weighted by Gasteiger charge is 2.14. The number of carbonyl (C=O) groups excluding carboxylic acids is 1. The van der Waals surface area contributed by atoms with Gasteiger partial charge in [-0.15, -0.1) is 22.9 Å². The van der Waals surface area contributed by atoms with E-state index in [9.17, 15) is 4.79 Å². The fourth-order valence-electron chi connectivity index (χ4n) is 1.67. The Labute approximate surface area is 116 Å². The van der Waals surface area contributed by atoms with E-state index in [4.69, 9.17) is 11.6 Å². The largest absolute Gasteiger partial charge is 0.351 e. The van der Waals surface area contributed by atoms with Gasteiger partial charge >= 0.3 is 0 Å². The normalized spacial score (nSPS) is 12.9. The molecule has 0 aliphatic heterocycles. The third kappa shape index (κ3) is 2.85. The lowest BCUT2D eigenvalue weighted by Crippen LogP contribution is -2.31. The lowest BCUT2D eigenvalue weighted by molar-refractivity contribution is 0.0954. The first-order valence-electron chi connectivity index (χ1n) is 5.98. The number of benzene rings is 1. The Morgan fingerprint density at radius 1 is 1.39 bits per heavy atom. The predicted molar refractivity (Wildman–Crippen MR) is 78.6 cm³/mol. The average Bonchev–Trinajstić information content (AvgIpc) is 2.79. The monoisotopic (exact) mass is 281 g/mol. The van der Waals surface area contributed by atoms with Crippen molar-refractivity contribution in [3.05, 3.63) is 35.2 Å². The second-order valence-electron chi connectivity index (χ2n) is 4.62. The van der Waals surface area contributed by atoms with Crippen LogP contribution in [0.2, 0.25) is 0 Å². The molecule has 18 heavy (non-hydrogen) atoms. The summed E-state index contributed by atoms with van der Waals surface area (Å²) >= 11 is 7.72. The molecule has 2 nitrogen and oxygen atoms in total. The van der Waals surface area contributed by atoms with Crippen LogP contribution in [-0.4, -0.2) is 17.8 Å². The minimum Gasteiger partial charge on any atom is -0.351 e. The van der Waals surface area contributed by atoms with Gasteiger partial charge in [-0.2, -0.15) is 0 Å². The first kappa shape index (κ1) is 13.4. The number of hydrogen-bond donors (Lipinski definition) is 1. The molecule has 0 radical (unpaired) electrons. The topological polar surface area (TPSA) is 29.1 Å². The SMILES string of the molecule is CC(C)C(Cl)CNC(=O)c1csc2ccccc12. The van der Waals surface area contributed by atoms with Gasteiger partial charge in [-0.3, -0.25) is 4.79 Å². The molecule has 1 heterocycles. The molecule has 2 aromatic rings. The molecule has 1 aromatic heterocycles. The van der Waals surface area contributed by atoms with Crippen LogP contribution in [0.5, 0.6) is 0 Å². The molecule has 2 rings (SSSR count). The number of fused-ring (bicyclic) bond motifs is 1. The van der Waals surface area contributed by atoms with Crippen LogP contribution in [0.3, 0.4) is 0 Å². The molecule has 1 unspecified atom stereocenters. The number of halogens is 1. The van der Waals surface area contributed by atoms with Crippen molar-refractivity contribution in [3.8, 4) is 0 Å². The standard InChI is InChI=1S/C14H16ClNOS/c1-9(2)12(15)7-16-14(17)11-8-18-13-6-4-3-5-10(11)13/h3-6,8-9,12H,7H2,1-2H3,(H,16,17). The Bertz CT molecular complexity index is 549. The van der Waals surface area contributed by atoms with E-state index in [0.29, 0.717) is 12.5 Å². The van der Waals surface area contributed by atoms with Crippen molar-refractivity contribution in [1.29, 1.82) is 0 Å². The van der Waals surface area contributed by atoms with Crippen molar-refractivity contribution >= 4 is 38.9 Å². The van der Waals surface area contributed by atoms with Crippen molar-refractivity contribution in [1.82, 2.24) is 5.32 Å². The van der Waals surface area contributed by atoms with E-state index >= 15 is 0 Å². The van der Waals surface area contributed by atoms with Crippen LogP contribution in [0.4, 0.5) is 0 Å². The second-order valence-corrected chi connectivity index (χ2v) is 6.09. The van der Waals surface area contributed by atoms with Gasteiger partial charge in [0, 0.05) is 22.0 Å². The quantitative estimate of drug-likeness (QED) is 0.846. The number of rotatable bonds is 4. The summed E-state index contributed by atoms with van der Waals surface area (Å²) in [6, 6.07) is 7.93. The number of amides is 1. The van der Waals surface area contributed by atoms with Gasteiger partial charge in [-0.25, -0.2) is 0 Å². The van der Waals surface area contributed by atoms with Crippen molar-refractivity contribution < 1.29 is 4.79 Å². The van der Waals surface area contributed by atoms with E-state index in [0.717, 1.165) is 15.6 Å². The highest BCUT2D eigenvalue weighted by atomic mass is 35.5. The molecule has 1 N–H and O–H groups in total. The molecular weight excluding hydrogens is 266 g/mol. The lowest BCUT2D eigenvalue weighted by atomic mass is 10.1. The van der Waals surface area contributed by atoms with E-state index in [1.807, 2.05) is 43.5 Å². The molecule has 1 amide bonds. The molecular formula is C14H16ClNOS. The van der Waals surface area contributed by atoms with Gasteiger partial charge in [-0.05, 0) is 12.0 Å². The molecule has 1 atom stereocenters. The molecule has 0 aliphatic rings. The minimum atomic E-state index is -0.0428. The van der Waals surface area contributed by atoms with E-state index in [1.165, 1.54) is 0 Å². The van der Waals surface area contributed by atoms with Crippen molar-refractivity contribution in [2.45, 2.75) is 19.2 Å². The molecule has 4 heteroatoms. The maximum Gasteiger partial charge on any atom is 0.252 e. The molecule has 0 saturated carbocycles. The first-order chi connectivity index (χ1) is 8.59. The first-order valence-corrected chi connectivity index (χ1v) is 7.29. The summed E-state index contributed by atoms with van der Waals surface area (Å²) in [7, 11) is 0. The van der Waals surface area contributed by atoms with Crippen molar-refractivity contribution in [2.24, 2.45) is 5.92 Å². The summed E-state index contributed by atoms with van der Waals surface area (Å²) in [5.41, 5.74) is 0.739. The molecule has 0 bridgehead atoms. The molecule has 0 aliphatic carbocycles. The third-order valence-electron chi connectivity index (χ3n) is 2.91. The van der Waals surface area contributed by atoms with Gasteiger partial charge < -0.3 is 5.32 Å². The lowest BCUT2D eigenvalue weighted by Gasteiger charge is -2.13. The van der Waals surface area contributed by atoms with Gasteiger partial charge in [0.2, 0.25) is 0 Å². The Morgan fingerprint density at radius 2 is 2.11 bits per heavy atom. The smallest absolute Gasteiger partial charge is 0.252 e. The van der Waals surface area contributed by atoms with Crippen LogP contribution in [0.25, 0.3) is 10.1 Å². The summed E-state index contributed by atoms with van der Waals surface area (Å²) in [5.74, 6) is 0.310. The van der Waals surface area contributed by atoms with Gasteiger partial charge in [0.05, 0.1) is 10.9 Å². The van der Waals surface area contributed by atoms with Crippen LogP contribution in [-0.2, 0) is 0 Å². The Morgan fingerprint density at radius 3 is 2.83 bits per heavy atom. The number of hydrogen-bond acceptors (Lipinski definition) is 2. The maximum atomic E-state index is 12.1. The number of carbonyl (C=O) groups is 1. The number of thiophene rings is 1. The Balaban J connectivity index is 2.10. The fraction of sp³-hybridized carbons (Fsp3) is 0.357. The third-order valence-corrected chi connectivity index (χ3v) is 4.53. The van der Waals surface area contributed by atoms with Gasteiger partial charge in [0.15, 0.2) is 0 Å². The summed E-state index contributed by atoms with van der Waals surface area (Å²) in [6.45, 7) is 4.59. The van der Waals surface area contributed by atoms with Crippen molar-refractivity contribution in [3.63, 3.8) is 0 Å². The van der Waals surface area contributed by atoms with Crippen LogP contribution in [0.1, 0.15) is 24.2 Å². The van der Waals surface area contributed by atoms with Crippen LogP contribution >= 0.6 is 22.9 Å². The van der Waals surface area contributed by atoms with E-state index < -0.39 is 0 Å². The molecule has 0 saturated heterocycles. The highest BCUT2D eigenvalue weighted by molar-refractivity contribution is 7.17. The van der Waals surface area contributed by atoms with Gasteiger partial charge in [0.25, 0.3) is 5.91 Å². The zero-order valence-corrected chi connectivity index (χ0v) is 12.0. The Kier molecular flexibility index (Phi) is 4.25.